The van der Waals surface area contributed by atoms with Crippen LogP contribution in [0.5, 0.6) is 0 Å². The van der Waals surface area contributed by atoms with Gasteiger partial charge in [-0.2, -0.15) is 0 Å². The van der Waals surface area contributed by atoms with Gasteiger partial charge in [-0.25, -0.2) is 8.78 Å². The van der Waals surface area contributed by atoms with Crippen molar-refractivity contribution in [3.63, 3.8) is 0 Å². The van der Waals surface area contributed by atoms with Gasteiger partial charge in [0.2, 0.25) is 0 Å². The second-order valence-corrected chi connectivity index (χ2v) is 5.49. The highest BCUT2D eigenvalue weighted by atomic mass is 19.3. The molecule has 1 aromatic heterocycles. The highest BCUT2D eigenvalue weighted by Gasteiger charge is 2.13. The molecule has 2 rings (SSSR count). The van der Waals surface area contributed by atoms with Crippen LogP contribution in [0.1, 0.15) is 44.2 Å². The van der Waals surface area contributed by atoms with Crippen LogP contribution in [0.4, 0.5) is 14.5 Å². The molecule has 0 unspecified atom stereocenters. The van der Waals surface area contributed by atoms with Crippen LogP contribution >= 0.6 is 0 Å². The molecule has 3 N–H and O–H groups in total. The number of nitrogens with one attached hydrogen (secondary N) is 3. The van der Waals surface area contributed by atoms with E-state index in [-0.39, 0.29) is 17.1 Å². The number of nitrogens with zero attached hydrogens (tertiary/aromatic N) is 1. The zero-order chi connectivity index (χ0) is 16.7. The number of hydrogen-bond donors (Lipinski definition) is 3. The Morgan fingerprint density at radius 2 is 2.04 bits per heavy atom. The maximum absolute atomic E-state index is 12.4. The van der Waals surface area contributed by atoms with Gasteiger partial charge >= 0.3 is 0 Å². The lowest BCUT2D eigenvalue weighted by molar-refractivity contribution is -0.104. The van der Waals surface area contributed by atoms with Crippen molar-refractivity contribution in [2.45, 2.75) is 44.6 Å². The number of carbonyl (C=O) groups excluding carboxylic acids is 1. The first-order valence-electron chi connectivity index (χ1n) is 7.61. The van der Waals surface area contributed by atoms with Gasteiger partial charge in [-0.05, 0) is 25.0 Å². The summed E-state index contributed by atoms with van der Waals surface area (Å²) in [6, 6.07) is 2.92. The van der Waals surface area contributed by atoms with Crippen molar-refractivity contribution in [3.05, 3.63) is 35.8 Å². The van der Waals surface area contributed by atoms with Gasteiger partial charge in [0.25, 0.3) is 6.43 Å². The van der Waals surface area contributed by atoms with Crippen molar-refractivity contribution in [2.24, 2.45) is 0 Å². The number of aldehydes is 1. The molecule has 0 bridgehead atoms. The van der Waals surface area contributed by atoms with Crippen molar-refractivity contribution in [1.82, 2.24) is 10.3 Å². The molecular weight excluding hydrogens is 302 g/mol. The topological polar surface area (TPSA) is 77.9 Å². The van der Waals surface area contributed by atoms with Crippen molar-refractivity contribution >= 4 is 17.8 Å². The van der Waals surface area contributed by atoms with Crippen molar-refractivity contribution < 1.29 is 13.6 Å². The molecule has 1 aliphatic rings. The van der Waals surface area contributed by atoms with E-state index in [4.69, 9.17) is 5.41 Å². The number of anilines is 1. The van der Waals surface area contributed by atoms with E-state index >= 15 is 0 Å². The molecule has 23 heavy (non-hydrogen) atoms. The summed E-state index contributed by atoms with van der Waals surface area (Å²) in [6.45, 7) is 0. The number of carbonyl (C=O) groups is 1. The zero-order valence-electron chi connectivity index (χ0n) is 12.7. The number of aromatic nitrogens is 1. The normalized spacial score (nSPS) is 16.2. The minimum atomic E-state index is -2.63. The minimum absolute atomic E-state index is 0.102. The Morgan fingerprint density at radius 1 is 1.30 bits per heavy atom. The summed E-state index contributed by atoms with van der Waals surface area (Å²) in [4.78, 5) is 14.8. The van der Waals surface area contributed by atoms with Crippen LogP contribution < -0.4 is 10.6 Å². The molecule has 7 heteroatoms. The maximum atomic E-state index is 12.4. The summed E-state index contributed by atoms with van der Waals surface area (Å²) in [5.41, 5.74) is 0.227. The van der Waals surface area contributed by atoms with E-state index in [0.717, 1.165) is 12.8 Å². The monoisotopic (exact) mass is 322 g/mol. The molecule has 1 aliphatic carbocycles. The summed E-state index contributed by atoms with van der Waals surface area (Å²) in [5, 5.41) is 13.8. The summed E-state index contributed by atoms with van der Waals surface area (Å²) in [5.74, 6) is -0.102. The molecule has 0 aromatic carbocycles. The Labute approximate surface area is 133 Å². The molecule has 0 spiro atoms. The molecule has 0 aliphatic heterocycles. The molecular formula is C16H20F2N4O. The van der Waals surface area contributed by atoms with Gasteiger partial charge in [0.05, 0.1) is 17.5 Å². The number of pyridine rings is 1. The Bertz CT molecular complexity index is 566. The third-order valence-corrected chi connectivity index (χ3v) is 3.77. The molecule has 124 valence electrons. The quantitative estimate of drug-likeness (QED) is 0.325. The van der Waals surface area contributed by atoms with Crippen LogP contribution in [0.25, 0.3) is 0 Å². The second kappa shape index (κ2) is 8.36. The summed E-state index contributed by atoms with van der Waals surface area (Å²) in [6.07, 6.45) is 6.40. The Kier molecular flexibility index (Phi) is 6.19. The van der Waals surface area contributed by atoms with Crippen LogP contribution in [-0.2, 0) is 4.79 Å². The Morgan fingerprint density at radius 3 is 2.61 bits per heavy atom. The summed E-state index contributed by atoms with van der Waals surface area (Å²) < 4.78 is 24.9. The van der Waals surface area contributed by atoms with Crippen molar-refractivity contribution in [1.29, 1.82) is 5.41 Å². The standard InChI is InChI=1S/C16H20F2N4O/c17-15(18)14-7-6-13(9-21-14)22-16(19)11(10-23)8-20-12-4-2-1-3-5-12/h6-10,12,15,20H,1-5H2,(H2,19,22)/b11-8-. The Balaban J connectivity index is 1.94. The number of halogens is 2. The molecule has 0 atom stereocenters. The minimum Gasteiger partial charge on any atom is -0.387 e. The van der Waals surface area contributed by atoms with E-state index in [9.17, 15) is 13.6 Å². The van der Waals surface area contributed by atoms with E-state index < -0.39 is 6.43 Å². The first kappa shape index (κ1) is 17.1. The third kappa shape index (κ3) is 5.12. The molecule has 1 aromatic rings. The van der Waals surface area contributed by atoms with E-state index in [1.807, 2.05) is 0 Å². The average Bonchev–Trinajstić information content (AvgIpc) is 2.57. The fourth-order valence-electron chi connectivity index (χ4n) is 2.47. The van der Waals surface area contributed by atoms with Crippen molar-refractivity contribution in [2.75, 3.05) is 5.32 Å². The predicted octanol–water partition coefficient (Wildman–Crippen LogP) is 3.41. The van der Waals surface area contributed by atoms with Crippen LogP contribution in [-0.4, -0.2) is 23.1 Å². The number of amidine groups is 1. The third-order valence-electron chi connectivity index (χ3n) is 3.77. The van der Waals surface area contributed by atoms with Gasteiger partial charge in [0, 0.05) is 12.2 Å². The first-order valence-corrected chi connectivity index (χ1v) is 7.61. The molecule has 5 nitrogen and oxygen atoms in total. The second-order valence-electron chi connectivity index (χ2n) is 5.49. The predicted molar refractivity (Wildman–Crippen MR) is 84.7 cm³/mol. The molecule has 1 fully saturated rings. The SMILES string of the molecule is N=C(Nc1ccc(C(F)F)nc1)/C(C=O)=C\NC1CCCCC1. The molecule has 0 saturated heterocycles. The highest BCUT2D eigenvalue weighted by molar-refractivity contribution is 6.17. The van der Waals surface area contributed by atoms with E-state index in [2.05, 4.69) is 15.6 Å². The van der Waals surface area contributed by atoms with E-state index in [1.54, 1.807) is 6.20 Å². The van der Waals surface area contributed by atoms with Gasteiger partial charge in [-0.1, -0.05) is 19.3 Å². The van der Waals surface area contributed by atoms with Gasteiger partial charge in [0.15, 0.2) is 6.29 Å². The lowest BCUT2D eigenvalue weighted by atomic mass is 9.96. The number of alkyl halides is 2. The lowest BCUT2D eigenvalue weighted by Crippen LogP contribution is -2.28. The first-order chi connectivity index (χ1) is 11.1. The van der Waals surface area contributed by atoms with Gasteiger partial charge in [0.1, 0.15) is 11.5 Å². The van der Waals surface area contributed by atoms with Gasteiger partial charge < -0.3 is 10.6 Å². The van der Waals surface area contributed by atoms with Crippen LogP contribution in [0.3, 0.4) is 0 Å². The average molecular weight is 322 g/mol. The van der Waals surface area contributed by atoms with E-state index in [0.29, 0.717) is 18.0 Å². The molecule has 0 radical (unpaired) electrons. The number of rotatable bonds is 6. The summed E-state index contributed by atoms with van der Waals surface area (Å²) in [7, 11) is 0. The van der Waals surface area contributed by atoms with Crippen LogP contribution in [0.15, 0.2) is 30.1 Å². The summed E-state index contributed by atoms with van der Waals surface area (Å²) >= 11 is 0. The largest absolute Gasteiger partial charge is 0.387 e. The van der Waals surface area contributed by atoms with Crippen LogP contribution in [0.2, 0.25) is 0 Å². The van der Waals surface area contributed by atoms with Crippen molar-refractivity contribution in [3.8, 4) is 0 Å². The fraction of sp³-hybridized carbons (Fsp3) is 0.438. The molecule has 1 saturated carbocycles. The molecule has 1 heterocycles. The fourth-order valence-corrected chi connectivity index (χ4v) is 2.47. The Hall–Kier alpha value is -2.31. The molecule has 0 amide bonds. The maximum Gasteiger partial charge on any atom is 0.280 e. The number of hydrogen-bond acceptors (Lipinski definition) is 4. The smallest absolute Gasteiger partial charge is 0.280 e. The zero-order valence-corrected chi connectivity index (χ0v) is 12.7. The van der Waals surface area contributed by atoms with Crippen LogP contribution in [0, 0.1) is 5.41 Å². The van der Waals surface area contributed by atoms with Gasteiger partial charge in [-0.3, -0.25) is 15.2 Å². The highest BCUT2D eigenvalue weighted by Crippen LogP contribution is 2.18. The van der Waals surface area contributed by atoms with Gasteiger partial charge in [-0.15, -0.1) is 0 Å². The lowest BCUT2D eigenvalue weighted by Gasteiger charge is -2.22. The van der Waals surface area contributed by atoms with E-state index in [1.165, 1.54) is 37.6 Å².